The van der Waals surface area contributed by atoms with Crippen molar-refractivity contribution < 1.29 is 14.0 Å². The van der Waals surface area contributed by atoms with Crippen LogP contribution in [0.15, 0.2) is 51.6 Å². The van der Waals surface area contributed by atoms with Gasteiger partial charge in [0.25, 0.3) is 0 Å². The summed E-state index contributed by atoms with van der Waals surface area (Å²) in [5, 5.41) is 12.0. The minimum absolute atomic E-state index is 0.00411. The van der Waals surface area contributed by atoms with Crippen molar-refractivity contribution in [1.29, 1.82) is 0 Å². The Bertz CT molecular complexity index is 929. The van der Waals surface area contributed by atoms with Crippen LogP contribution in [0.2, 0.25) is 0 Å². The lowest BCUT2D eigenvalue weighted by Crippen LogP contribution is -2.40. The smallest absolute Gasteiger partial charge is 0.248 e. The number of Topliss-reactive ketones (excluding diaryl/α,β-unsaturated/α-hetero) is 1. The Kier molecular flexibility index (Phi) is 5.62. The van der Waals surface area contributed by atoms with Crippen molar-refractivity contribution in [3.05, 3.63) is 58.6 Å². The number of aryl methyl sites for hydroxylation is 1. The monoisotopic (exact) mass is 395 g/mol. The third kappa shape index (κ3) is 4.20. The third-order valence-electron chi connectivity index (χ3n) is 5.06. The molecule has 0 bridgehead atoms. The van der Waals surface area contributed by atoms with Gasteiger partial charge in [0.15, 0.2) is 5.78 Å². The van der Waals surface area contributed by atoms with Crippen LogP contribution in [0.3, 0.4) is 0 Å². The molecule has 1 aliphatic heterocycles. The fourth-order valence-corrected chi connectivity index (χ4v) is 4.09. The van der Waals surface area contributed by atoms with E-state index in [1.807, 2.05) is 52.1 Å². The molecule has 6 nitrogen and oxygen atoms in total. The number of nitrogens with zero attached hydrogens (tertiary/aromatic N) is 3. The maximum atomic E-state index is 12.6. The largest absolute Gasteiger partial charge is 0.421 e. The molecular weight excluding hydrogens is 374 g/mol. The van der Waals surface area contributed by atoms with Crippen LogP contribution in [-0.4, -0.2) is 39.9 Å². The highest BCUT2D eigenvalue weighted by Gasteiger charge is 2.27. The van der Waals surface area contributed by atoms with E-state index in [-0.39, 0.29) is 17.6 Å². The molecule has 4 rings (SSSR count). The number of ketones is 1. The van der Waals surface area contributed by atoms with Gasteiger partial charge in [0.2, 0.25) is 17.7 Å². The lowest BCUT2D eigenvalue weighted by atomic mass is 9.89. The van der Waals surface area contributed by atoms with Crippen molar-refractivity contribution in [2.45, 2.75) is 25.7 Å². The molecule has 1 aliphatic rings. The van der Waals surface area contributed by atoms with Gasteiger partial charge in [-0.05, 0) is 24.3 Å². The molecule has 0 radical (unpaired) electrons. The number of thiophene rings is 1. The number of likely N-dealkylation sites (tertiary alicyclic amines) is 1. The minimum Gasteiger partial charge on any atom is -0.421 e. The molecular formula is C21H21N3O3S. The Morgan fingerprint density at radius 2 is 1.89 bits per heavy atom. The average molecular weight is 395 g/mol. The highest BCUT2D eigenvalue weighted by Crippen LogP contribution is 2.23. The van der Waals surface area contributed by atoms with Crippen LogP contribution in [0.25, 0.3) is 11.5 Å². The normalized spacial score (nSPS) is 14.9. The van der Waals surface area contributed by atoms with E-state index in [1.165, 1.54) is 0 Å². The molecule has 1 aromatic carbocycles. The Morgan fingerprint density at radius 3 is 2.61 bits per heavy atom. The van der Waals surface area contributed by atoms with Crippen molar-refractivity contribution in [3.63, 3.8) is 0 Å². The number of carbonyl (C=O) groups excluding carboxylic acids is 2. The molecule has 1 amide bonds. The second-order valence-electron chi connectivity index (χ2n) is 6.90. The van der Waals surface area contributed by atoms with Gasteiger partial charge in [-0.2, -0.15) is 11.3 Å². The summed E-state index contributed by atoms with van der Waals surface area (Å²) in [6, 6.07) is 11.3. The molecule has 1 fully saturated rings. The molecule has 0 aliphatic carbocycles. The summed E-state index contributed by atoms with van der Waals surface area (Å²) in [4.78, 5) is 26.9. The molecule has 2 aromatic heterocycles. The lowest BCUT2D eigenvalue weighted by molar-refractivity contribution is -0.132. The van der Waals surface area contributed by atoms with Gasteiger partial charge in [-0.1, -0.05) is 30.3 Å². The van der Waals surface area contributed by atoms with Crippen molar-refractivity contribution >= 4 is 23.0 Å². The van der Waals surface area contributed by atoms with Crippen LogP contribution < -0.4 is 0 Å². The predicted octanol–water partition coefficient (Wildman–Crippen LogP) is 3.85. The van der Waals surface area contributed by atoms with Crippen LogP contribution in [0.5, 0.6) is 0 Å². The molecule has 144 valence electrons. The Hall–Kier alpha value is -2.80. The molecule has 0 spiro atoms. The van der Waals surface area contributed by atoms with E-state index in [2.05, 4.69) is 10.2 Å². The average Bonchev–Trinajstić information content (AvgIpc) is 3.44. The van der Waals surface area contributed by atoms with E-state index in [9.17, 15) is 9.59 Å². The number of amides is 1. The number of rotatable bonds is 6. The van der Waals surface area contributed by atoms with E-state index >= 15 is 0 Å². The van der Waals surface area contributed by atoms with Gasteiger partial charge in [-0.25, -0.2) is 0 Å². The number of hydrogen-bond donors (Lipinski definition) is 0. The highest BCUT2D eigenvalue weighted by molar-refractivity contribution is 7.08. The number of carbonyl (C=O) groups is 2. The Labute approximate surface area is 167 Å². The van der Waals surface area contributed by atoms with Crippen LogP contribution in [0.4, 0.5) is 0 Å². The molecule has 7 heteroatoms. The van der Waals surface area contributed by atoms with E-state index in [0.29, 0.717) is 50.6 Å². The lowest BCUT2D eigenvalue weighted by Gasteiger charge is -2.31. The van der Waals surface area contributed by atoms with E-state index < -0.39 is 0 Å². The Morgan fingerprint density at radius 1 is 1.11 bits per heavy atom. The van der Waals surface area contributed by atoms with Crippen LogP contribution in [-0.2, 0) is 11.2 Å². The third-order valence-corrected chi connectivity index (χ3v) is 5.75. The molecule has 0 N–H and O–H groups in total. The second kappa shape index (κ2) is 8.48. The standard InChI is InChI=1S/C21H21N3O3S/c25-19(7-6-18-22-23-21(27-18)17-10-13-28-14-17)24-11-8-16(9-12-24)20(26)15-4-2-1-3-5-15/h1-5,10,13-14,16H,6-9,11-12H2. The quantitative estimate of drug-likeness (QED) is 0.593. The van der Waals surface area contributed by atoms with E-state index in [1.54, 1.807) is 11.3 Å². The minimum atomic E-state index is -0.00411. The van der Waals surface area contributed by atoms with Gasteiger partial charge < -0.3 is 9.32 Å². The van der Waals surface area contributed by atoms with E-state index in [0.717, 1.165) is 11.1 Å². The summed E-state index contributed by atoms with van der Waals surface area (Å²) in [7, 11) is 0. The first-order valence-electron chi connectivity index (χ1n) is 9.42. The fourth-order valence-electron chi connectivity index (χ4n) is 3.46. The number of piperidine rings is 1. The van der Waals surface area contributed by atoms with Gasteiger partial charge in [0, 0.05) is 48.4 Å². The number of benzene rings is 1. The van der Waals surface area contributed by atoms with Gasteiger partial charge in [0.1, 0.15) is 0 Å². The molecule has 0 unspecified atom stereocenters. The number of hydrogen-bond acceptors (Lipinski definition) is 6. The molecule has 1 saturated heterocycles. The van der Waals surface area contributed by atoms with E-state index in [4.69, 9.17) is 4.42 Å². The number of aromatic nitrogens is 2. The molecule has 28 heavy (non-hydrogen) atoms. The van der Waals surface area contributed by atoms with Crippen molar-refractivity contribution in [1.82, 2.24) is 15.1 Å². The maximum Gasteiger partial charge on any atom is 0.248 e. The second-order valence-corrected chi connectivity index (χ2v) is 7.68. The van der Waals surface area contributed by atoms with Crippen LogP contribution in [0.1, 0.15) is 35.5 Å². The summed E-state index contributed by atoms with van der Waals surface area (Å²) in [6.45, 7) is 1.23. The van der Waals surface area contributed by atoms with Gasteiger partial charge >= 0.3 is 0 Å². The summed E-state index contributed by atoms with van der Waals surface area (Å²) >= 11 is 1.57. The zero-order valence-electron chi connectivity index (χ0n) is 15.4. The Balaban J connectivity index is 1.26. The highest BCUT2D eigenvalue weighted by atomic mass is 32.1. The first kappa shape index (κ1) is 18.6. The van der Waals surface area contributed by atoms with Gasteiger partial charge in [-0.3, -0.25) is 9.59 Å². The first-order chi connectivity index (χ1) is 13.7. The SMILES string of the molecule is O=C(c1ccccc1)C1CCN(C(=O)CCc2nnc(-c3ccsc3)o2)CC1. The summed E-state index contributed by atoms with van der Waals surface area (Å²) in [6.07, 6.45) is 2.19. The van der Waals surface area contributed by atoms with Crippen LogP contribution >= 0.6 is 11.3 Å². The topological polar surface area (TPSA) is 76.3 Å². The summed E-state index contributed by atoms with van der Waals surface area (Å²) < 4.78 is 5.63. The van der Waals surface area contributed by atoms with Crippen molar-refractivity contribution in [2.75, 3.05) is 13.1 Å². The first-order valence-corrected chi connectivity index (χ1v) is 10.4. The van der Waals surface area contributed by atoms with Crippen molar-refractivity contribution in [3.8, 4) is 11.5 Å². The molecule has 3 aromatic rings. The van der Waals surface area contributed by atoms with Gasteiger partial charge in [-0.15, -0.1) is 10.2 Å². The predicted molar refractivity (Wildman–Crippen MR) is 106 cm³/mol. The summed E-state index contributed by atoms with van der Waals surface area (Å²) in [5.74, 6) is 1.21. The molecule has 0 saturated carbocycles. The molecule has 3 heterocycles. The zero-order chi connectivity index (χ0) is 19.3. The molecule has 0 atom stereocenters. The van der Waals surface area contributed by atoms with Gasteiger partial charge in [0.05, 0.1) is 0 Å². The van der Waals surface area contributed by atoms with Crippen molar-refractivity contribution in [2.24, 2.45) is 5.92 Å². The zero-order valence-corrected chi connectivity index (χ0v) is 16.2. The fraction of sp³-hybridized carbons (Fsp3) is 0.333. The summed E-state index contributed by atoms with van der Waals surface area (Å²) in [5.41, 5.74) is 1.66. The maximum absolute atomic E-state index is 12.6. The van der Waals surface area contributed by atoms with Crippen LogP contribution in [0, 0.1) is 5.92 Å².